The molecule has 0 aliphatic heterocycles. The van der Waals surface area contributed by atoms with Crippen LogP contribution in [0.4, 0.5) is 8.78 Å². The molecular weight excluding hydrogens is 272 g/mol. The molecule has 3 rings (SSSR count). The maximum atomic E-state index is 14.1. The van der Waals surface area contributed by atoms with E-state index in [1.165, 1.54) is 6.07 Å². The van der Waals surface area contributed by atoms with Crippen LogP contribution in [0, 0.1) is 11.6 Å². The number of para-hydroxylation sites is 1. The average molecular weight is 287 g/mol. The molecule has 0 amide bonds. The van der Waals surface area contributed by atoms with Gasteiger partial charge in [-0.25, -0.2) is 8.78 Å². The molecule has 0 spiro atoms. The van der Waals surface area contributed by atoms with Gasteiger partial charge in [0, 0.05) is 18.0 Å². The summed E-state index contributed by atoms with van der Waals surface area (Å²) in [4.78, 5) is 0. The molecule has 5 heteroatoms. The summed E-state index contributed by atoms with van der Waals surface area (Å²) in [5.74, 6) is -1.69. The van der Waals surface area contributed by atoms with Crippen LogP contribution in [-0.4, -0.2) is 16.8 Å². The summed E-state index contributed by atoms with van der Waals surface area (Å²) in [6, 6.07) is 11.4. The molecule has 0 aliphatic rings. The Bertz CT molecular complexity index is 795. The summed E-state index contributed by atoms with van der Waals surface area (Å²) in [6.45, 7) is 0. The van der Waals surface area contributed by atoms with Crippen molar-refractivity contribution in [1.29, 1.82) is 0 Å². The van der Waals surface area contributed by atoms with Crippen molar-refractivity contribution in [2.24, 2.45) is 7.05 Å². The number of hydrogen-bond donors (Lipinski definition) is 1. The Hall–Kier alpha value is -2.27. The van der Waals surface area contributed by atoms with Crippen LogP contribution >= 0.6 is 0 Å². The molecule has 21 heavy (non-hydrogen) atoms. The van der Waals surface area contributed by atoms with Gasteiger partial charge in [0.25, 0.3) is 0 Å². The van der Waals surface area contributed by atoms with E-state index in [1.54, 1.807) is 17.8 Å². The Balaban J connectivity index is 2.21. The van der Waals surface area contributed by atoms with Crippen LogP contribution in [-0.2, 0) is 7.05 Å². The summed E-state index contributed by atoms with van der Waals surface area (Å²) < 4.78 is 29.3. The van der Waals surface area contributed by atoms with E-state index in [1.807, 2.05) is 31.3 Å². The minimum absolute atomic E-state index is 0.251. The normalized spacial score (nSPS) is 12.8. The van der Waals surface area contributed by atoms with Crippen molar-refractivity contribution in [1.82, 2.24) is 15.1 Å². The molecule has 1 unspecified atom stereocenters. The number of aromatic nitrogens is 2. The number of benzene rings is 2. The van der Waals surface area contributed by atoms with Gasteiger partial charge in [-0.05, 0) is 19.2 Å². The zero-order valence-corrected chi connectivity index (χ0v) is 11.8. The van der Waals surface area contributed by atoms with Crippen LogP contribution in [0.25, 0.3) is 10.9 Å². The minimum atomic E-state index is -0.854. The number of nitrogens with one attached hydrogen (secondary N) is 1. The molecule has 0 saturated heterocycles. The lowest BCUT2D eigenvalue weighted by Gasteiger charge is -2.16. The van der Waals surface area contributed by atoms with Gasteiger partial charge in [0.05, 0.1) is 17.3 Å². The number of aryl methyl sites for hydroxylation is 1. The topological polar surface area (TPSA) is 29.9 Å². The van der Waals surface area contributed by atoms with E-state index in [0.29, 0.717) is 5.69 Å². The molecule has 108 valence electrons. The first kappa shape index (κ1) is 13.7. The summed E-state index contributed by atoms with van der Waals surface area (Å²) in [7, 11) is 3.54. The highest BCUT2D eigenvalue weighted by atomic mass is 19.2. The molecule has 1 atom stereocenters. The maximum absolute atomic E-state index is 14.1. The second-order valence-electron chi connectivity index (χ2n) is 4.89. The largest absolute Gasteiger partial charge is 0.308 e. The molecule has 2 aromatic carbocycles. The molecule has 1 N–H and O–H groups in total. The first-order valence-corrected chi connectivity index (χ1v) is 6.66. The van der Waals surface area contributed by atoms with E-state index in [4.69, 9.17) is 0 Å². The van der Waals surface area contributed by atoms with Crippen LogP contribution in [0.15, 0.2) is 42.5 Å². The molecule has 0 saturated carbocycles. The third-order valence-electron chi connectivity index (χ3n) is 3.64. The Morgan fingerprint density at radius 3 is 2.62 bits per heavy atom. The standard InChI is InChI=1S/C16H15F2N3/c1-19-15(11-7-5-8-12(17)14(11)18)16-10-6-3-4-9-13(10)21(2)20-16/h3-9,15,19H,1-2H3. The lowest BCUT2D eigenvalue weighted by molar-refractivity contribution is 0.485. The van der Waals surface area contributed by atoms with Crippen LogP contribution in [0.3, 0.4) is 0 Å². The quantitative estimate of drug-likeness (QED) is 0.802. The highest BCUT2D eigenvalue weighted by molar-refractivity contribution is 5.82. The van der Waals surface area contributed by atoms with Crippen molar-refractivity contribution in [3.63, 3.8) is 0 Å². The lowest BCUT2D eigenvalue weighted by atomic mass is 10.0. The fourth-order valence-electron chi connectivity index (χ4n) is 2.64. The SMILES string of the molecule is CNC(c1cccc(F)c1F)c1nn(C)c2ccccc12. The van der Waals surface area contributed by atoms with Gasteiger partial charge >= 0.3 is 0 Å². The Labute approximate surface area is 121 Å². The molecule has 1 aromatic heterocycles. The molecule has 0 bridgehead atoms. The third-order valence-corrected chi connectivity index (χ3v) is 3.64. The van der Waals surface area contributed by atoms with E-state index in [9.17, 15) is 8.78 Å². The van der Waals surface area contributed by atoms with Gasteiger partial charge in [-0.3, -0.25) is 4.68 Å². The van der Waals surface area contributed by atoms with Gasteiger partial charge in [0.2, 0.25) is 0 Å². The van der Waals surface area contributed by atoms with Crippen molar-refractivity contribution < 1.29 is 8.78 Å². The number of halogens is 2. The molecule has 0 aliphatic carbocycles. The highest BCUT2D eigenvalue weighted by Crippen LogP contribution is 2.29. The maximum Gasteiger partial charge on any atom is 0.163 e. The Morgan fingerprint density at radius 1 is 1.10 bits per heavy atom. The van der Waals surface area contributed by atoms with Crippen LogP contribution in [0.2, 0.25) is 0 Å². The molecular formula is C16H15F2N3. The molecule has 3 nitrogen and oxygen atoms in total. The van der Waals surface area contributed by atoms with E-state index in [0.717, 1.165) is 17.0 Å². The van der Waals surface area contributed by atoms with Crippen LogP contribution in [0.5, 0.6) is 0 Å². The number of fused-ring (bicyclic) bond motifs is 1. The van der Waals surface area contributed by atoms with Gasteiger partial charge < -0.3 is 5.32 Å². The monoisotopic (exact) mass is 287 g/mol. The summed E-state index contributed by atoms with van der Waals surface area (Å²) in [6.07, 6.45) is 0. The average Bonchev–Trinajstić information content (AvgIpc) is 2.82. The van der Waals surface area contributed by atoms with Gasteiger partial charge in [0.15, 0.2) is 11.6 Å². The fraction of sp³-hybridized carbons (Fsp3) is 0.188. The van der Waals surface area contributed by atoms with Gasteiger partial charge in [0.1, 0.15) is 0 Å². The zero-order valence-electron chi connectivity index (χ0n) is 11.8. The van der Waals surface area contributed by atoms with Gasteiger partial charge in [-0.2, -0.15) is 5.10 Å². The van der Waals surface area contributed by atoms with E-state index >= 15 is 0 Å². The third kappa shape index (κ3) is 2.19. The number of nitrogens with zero attached hydrogens (tertiary/aromatic N) is 2. The summed E-state index contributed by atoms with van der Waals surface area (Å²) in [5, 5.41) is 8.42. The highest BCUT2D eigenvalue weighted by Gasteiger charge is 2.23. The van der Waals surface area contributed by atoms with E-state index < -0.39 is 17.7 Å². The summed E-state index contributed by atoms with van der Waals surface area (Å²) >= 11 is 0. The van der Waals surface area contributed by atoms with Crippen molar-refractivity contribution in [3.05, 3.63) is 65.4 Å². The second-order valence-corrected chi connectivity index (χ2v) is 4.89. The summed E-state index contributed by atoms with van der Waals surface area (Å²) in [5.41, 5.74) is 1.88. The van der Waals surface area contributed by atoms with Crippen LogP contribution < -0.4 is 5.32 Å². The zero-order chi connectivity index (χ0) is 15.0. The molecule has 1 heterocycles. The van der Waals surface area contributed by atoms with Crippen molar-refractivity contribution >= 4 is 10.9 Å². The predicted molar refractivity (Wildman–Crippen MR) is 78.0 cm³/mol. The fourth-order valence-corrected chi connectivity index (χ4v) is 2.64. The lowest BCUT2D eigenvalue weighted by Crippen LogP contribution is -2.20. The minimum Gasteiger partial charge on any atom is -0.308 e. The van der Waals surface area contributed by atoms with Gasteiger partial charge in [-0.15, -0.1) is 0 Å². The molecule has 0 radical (unpaired) electrons. The van der Waals surface area contributed by atoms with Crippen molar-refractivity contribution in [2.75, 3.05) is 7.05 Å². The smallest absolute Gasteiger partial charge is 0.163 e. The Morgan fingerprint density at radius 2 is 1.86 bits per heavy atom. The molecule has 0 fully saturated rings. The van der Waals surface area contributed by atoms with E-state index in [2.05, 4.69) is 10.4 Å². The first-order valence-electron chi connectivity index (χ1n) is 6.66. The first-order chi connectivity index (χ1) is 10.1. The Kier molecular flexibility index (Phi) is 3.43. The van der Waals surface area contributed by atoms with Gasteiger partial charge in [-0.1, -0.05) is 30.3 Å². The van der Waals surface area contributed by atoms with Crippen molar-refractivity contribution in [2.45, 2.75) is 6.04 Å². The van der Waals surface area contributed by atoms with E-state index in [-0.39, 0.29) is 5.56 Å². The number of hydrogen-bond acceptors (Lipinski definition) is 2. The second kappa shape index (κ2) is 5.26. The van der Waals surface area contributed by atoms with Crippen molar-refractivity contribution in [3.8, 4) is 0 Å². The molecule has 3 aromatic rings. The predicted octanol–water partition coefficient (Wildman–Crippen LogP) is 3.16. The number of rotatable bonds is 3. The van der Waals surface area contributed by atoms with Crippen LogP contribution in [0.1, 0.15) is 17.3 Å².